The number of amides is 4. The van der Waals surface area contributed by atoms with Gasteiger partial charge in [-0.15, -0.1) is 0 Å². The molecule has 1 saturated heterocycles. The third kappa shape index (κ3) is 11.1. The molecule has 0 unspecified atom stereocenters. The number of nitrogens with zero attached hydrogens (tertiary/aromatic N) is 1. The summed E-state index contributed by atoms with van der Waals surface area (Å²) in [5.41, 5.74) is 0.616. The molecule has 4 atom stereocenters. The van der Waals surface area contributed by atoms with Crippen molar-refractivity contribution in [1.29, 1.82) is 0 Å². The number of aliphatic carboxylic acids is 1. The Morgan fingerprint density at radius 2 is 1.48 bits per heavy atom. The highest BCUT2D eigenvalue weighted by Gasteiger charge is 2.39. The van der Waals surface area contributed by atoms with Gasteiger partial charge in [0.1, 0.15) is 35.5 Å². The Morgan fingerprint density at radius 3 is 2.07 bits per heavy atom. The first-order valence-corrected chi connectivity index (χ1v) is 15.6. The molecule has 0 spiro atoms. The van der Waals surface area contributed by atoms with Gasteiger partial charge in [0.05, 0.1) is 0 Å². The number of carboxylic acids is 1. The predicted molar refractivity (Wildman–Crippen MR) is 171 cm³/mol. The second-order valence-electron chi connectivity index (χ2n) is 13.0. The number of hydrogen-bond donors (Lipinski definition) is 5. The van der Waals surface area contributed by atoms with E-state index < -0.39 is 59.6 Å². The lowest BCUT2D eigenvalue weighted by Gasteiger charge is -2.30. The van der Waals surface area contributed by atoms with Gasteiger partial charge in [-0.1, -0.05) is 56.3 Å². The molecule has 4 amide bonds. The highest BCUT2D eigenvalue weighted by molar-refractivity contribution is 5.95. The van der Waals surface area contributed by atoms with E-state index in [1.807, 2.05) is 19.9 Å². The molecule has 2 aromatic rings. The molecule has 1 aliphatic rings. The highest BCUT2D eigenvalue weighted by atomic mass is 16.6. The van der Waals surface area contributed by atoms with Gasteiger partial charge in [0.2, 0.25) is 17.7 Å². The molecule has 1 heterocycles. The summed E-state index contributed by atoms with van der Waals surface area (Å²) in [6, 6.07) is 11.0. The second kappa shape index (κ2) is 16.1. The average Bonchev–Trinajstić information content (AvgIpc) is 3.46. The molecule has 5 N–H and O–H groups in total. The lowest BCUT2D eigenvalue weighted by atomic mass is 10.0. The lowest BCUT2D eigenvalue weighted by Crippen LogP contribution is -2.58. The summed E-state index contributed by atoms with van der Waals surface area (Å²) >= 11 is 0. The molecule has 12 nitrogen and oxygen atoms in total. The minimum Gasteiger partial charge on any atom is -0.508 e. The smallest absolute Gasteiger partial charge is 0.408 e. The monoisotopic (exact) mass is 638 g/mol. The maximum absolute atomic E-state index is 13.9. The molecule has 1 aliphatic heterocycles. The molecule has 2 aromatic carbocycles. The van der Waals surface area contributed by atoms with E-state index in [0.717, 1.165) is 5.56 Å². The van der Waals surface area contributed by atoms with Crippen molar-refractivity contribution in [3.05, 3.63) is 65.7 Å². The van der Waals surface area contributed by atoms with Gasteiger partial charge in [0, 0.05) is 19.4 Å². The molecule has 0 aliphatic carbocycles. The van der Waals surface area contributed by atoms with E-state index in [0.29, 0.717) is 18.4 Å². The standard InChI is InChI=1S/C34H46N4O8/c1-21(2)18-27(32(43)44)36-29(40)25(19-22-10-7-6-8-11-22)35-30(41)28-12-9-17-38(28)31(42)26(37-33(45)46-34(3,4)5)20-23-13-15-24(39)16-14-23/h6-8,10-11,13-16,21,25-28,39H,9,12,17-20H2,1-5H3,(H,35,41)(H,36,40)(H,37,45)(H,43,44)/t25-,26-,27-,28-/m0/s1. The van der Waals surface area contributed by atoms with Crippen LogP contribution in [-0.4, -0.2) is 81.2 Å². The fourth-order valence-electron chi connectivity index (χ4n) is 5.31. The summed E-state index contributed by atoms with van der Waals surface area (Å²) in [6.07, 6.45) is 0.462. The number of phenols is 1. The SMILES string of the molecule is CC(C)C[C@H](NC(=O)[C@H](Cc1ccccc1)NC(=O)[C@@H]1CCCN1C(=O)[C@H](Cc1ccc(O)cc1)NC(=O)OC(C)(C)C)C(=O)O. The summed E-state index contributed by atoms with van der Waals surface area (Å²) in [4.78, 5) is 67.1. The summed E-state index contributed by atoms with van der Waals surface area (Å²) in [6.45, 7) is 9.06. The summed E-state index contributed by atoms with van der Waals surface area (Å²) in [5.74, 6) is -2.81. The molecule has 0 saturated carbocycles. The van der Waals surface area contributed by atoms with E-state index in [9.17, 15) is 34.2 Å². The number of hydrogen-bond acceptors (Lipinski definition) is 7. The van der Waals surface area contributed by atoms with Crippen LogP contribution < -0.4 is 16.0 Å². The minimum atomic E-state index is -1.17. The van der Waals surface area contributed by atoms with Crippen molar-refractivity contribution in [2.75, 3.05) is 6.54 Å². The third-order valence-electron chi connectivity index (χ3n) is 7.44. The van der Waals surface area contributed by atoms with Gasteiger partial charge in [0.25, 0.3) is 0 Å². The van der Waals surface area contributed by atoms with Gasteiger partial charge >= 0.3 is 12.1 Å². The third-order valence-corrected chi connectivity index (χ3v) is 7.44. The number of alkyl carbamates (subject to hydrolysis) is 1. The van der Waals surface area contributed by atoms with Crippen LogP contribution in [0.25, 0.3) is 0 Å². The molecule has 1 fully saturated rings. The van der Waals surface area contributed by atoms with E-state index in [-0.39, 0.29) is 37.5 Å². The number of likely N-dealkylation sites (tertiary alicyclic amines) is 1. The van der Waals surface area contributed by atoms with E-state index in [2.05, 4.69) is 16.0 Å². The first-order chi connectivity index (χ1) is 21.6. The Hall–Kier alpha value is -4.61. The maximum Gasteiger partial charge on any atom is 0.408 e. The van der Waals surface area contributed by atoms with Crippen molar-refractivity contribution < 1.29 is 38.9 Å². The number of rotatable bonds is 13. The first-order valence-electron chi connectivity index (χ1n) is 15.6. The molecule has 0 bridgehead atoms. The van der Waals surface area contributed by atoms with Crippen molar-refractivity contribution in [2.24, 2.45) is 5.92 Å². The van der Waals surface area contributed by atoms with Crippen LogP contribution in [0.2, 0.25) is 0 Å². The molecular weight excluding hydrogens is 592 g/mol. The maximum atomic E-state index is 13.9. The van der Waals surface area contributed by atoms with Crippen molar-refractivity contribution in [2.45, 2.75) is 96.5 Å². The Labute approximate surface area is 269 Å². The van der Waals surface area contributed by atoms with Gasteiger partial charge in [-0.05, 0) is 69.2 Å². The van der Waals surface area contributed by atoms with Crippen LogP contribution in [-0.2, 0) is 36.8 Å². The quantitative estimate of drug-likeness (QED) is 0.222. The Morgan fingerprint density at radius 1 is 0.870 bits per heavy atom. The number of aromatic hydroxyl groups is 1. The molecule has 12 heteroatoms. The van der Waals surface area contributed by atoms with Gasteiger partial charge in [-0.3, -0.25) is 14.4 Å². The minimum absolute atomic E-state index is 0.00503. The lowest BCUT2D eigenvalue weighted by molar-refractivity contribution is -0.143. The van der Waals surface area contributed by atoms with Crippen LogP contribution >= 0.6 is 0 Å². The normalized spacial score (nSPS) is 16.7. The number of carbonyl (C=O) groups is 5. The van der Waals surface area contributed by atoms with E-state index in [1.165, 1.54) is 17.0 Å². The Balaban J connectivity index is 1.83. The topological polar surface area (TPSA) is 174 Å². The molecule has 250 valence electrons. The van der Waals surface area contributed by atoms with Crippen molar-refractivity contribution in [1.82, 2.24) is 20.9 Å². The largest absolute Gasteiger partial charge is 0.508 e. The van der Waals surface area contributed by atoms with Gasteiger partial charge in [-0.2, -0.15) is 0 Å². The van der Waals surface area contributed by atoms with Gasteiger partial charge in [0.15, 0.2) is 0 Å². The summed E-state index contributed by atoms with van der Waals surface area (Å²) < 4.78 is 5.39. The zero-order valence-corrected chi connectivity index (χ0v) is 27.1. The van der Waals surface area contributed by atoms with Crippen LogP contribution in [0.15, 0.2) is 54.6 Å². The molecule has 3 rings (SSSR count). The van der Waals surface area contributed by atoms with Crippen LogP contribution in [0.5, 0.6) is 5.75 Å². The fraction of sp³-hybridized carbons (Fsp3) is 0.500. The first kappa shape index (κ1) is 35.9. The van der Waals surface area contributed by atoms with Crippen molar-refractivity contribution in [3.8, 4) is 5.75 Å². The Bertz CT molecular complexity index is 1360. The van der Waals surface area contributed by atoms with Crippen LogP contribution in [0.4, 0.5) is 4.79 Å². The molecule has 46 heavy (non-hydrogen) atoms. The number of nitrogens with one attached hydrogen (secondary N) is 3. The predicted octanol–water partition coefficient (Wildman–Crippen LogP) is 3.16. The number of phenolic OH excluding ortho intramolecular Hbond substituents is 1. The summed E-state index contributed by atoms with van der Waals surface area (Å²) in [7, 11) is 0. The van der Waals surface area contributed by atoms with E-state index >= 15 is 0 Å². The number of carbonyl (C=O) groups excluding carboxylic acids is 4. The summed E-state index contributed by atoms with van der Waals surface area (Å²) in [5, 5.41) is 27.4. The zero-order valence-electron chi connectivity index (χ0n) is 27.1. The highest BCUT2D eigenvalue weighted by Crippen LogP contribution is 2.21. The molecule has 0 aromatic heterocycles. The van der Waals surface area contributed by atoms with E-state index in [1.54, 1.807) is 57.2 Å². The van der Waals surface area contributed by atoms with Crippen LogP contribution in [0.1, 0.15) is 65.0 Å². The average molecular weight is 639 g/mol. The number of carboxylic acid groups (broad SMARTS) is 1. The molecular formula is C34H46N4O8. The van der Waals surface area contributed by atoms with Crippen LogP contribution in [0, 0.1) is 5.92 Å². The number of ether oxygens (including phenoxy) is 1. The zero-order chi connectivity index (χ0) is 34.0. The second-order valence-corrected chi connectivity index (χ2v) is 13.0. The van der Waals surface area contributed by atoms with E-state index in [4.69, 9.17) is 4.74 Å². The van der Waals surface area contributed by atoms with Crippen molar-refractivity contribution >= 4 is 29.8 Å². The molecule has 0 radical (unpaired) electrons. The number of benzene rings is 2. The van der Waals surface area contributed by atoms with Crippen LogP contribution in [0.3, 0.4) is 0 Å². The van der Waals surface area contributed by atoms with Gasteiger partial charge < -0.3 is 35.8 Å². The Kier molecular flexibility index (Phi) is 12.6. The van der Waals surface area contributed by atoms with Gasteiger partial charge in [-0.25, -0.2) is 9.59 Å². The van der Waals surface area contributed by atoms with Crippen molar-refractivity contribution in [3.63, 3.8) is 0 Å². The fourth-order valence-corrected chi connectivity index (χ4v) is 5.31.